The molecule has 0 saturated carbocycles. The molecule has 0 fully saturated rings. The maximum atomic E-state index is 12.7. The zero-order valence-corrected chi connectivity index (χ0v) is 19.9. The Kier molecular flexibility index (Phi) is 8.13. The molecule has 0 saturated heterocycles. The molecule has 1 heterocycles. The molecule has 8 nitrogen and oxygen atoms in total. The average molecular weight is 507 g/mol. The number of hydrogen-bond donors (Lipinski definition) is 0. The molecule has 36 heavy (non-hydrogen) atoms. The third-order valence-electron chi connectivity index (χ3n) is 5.33. The molecule has 3 rings (SSSR count). The number of esters is 2. The van der Waals surface area contributed by atoms with Crippen LogP contribution < -0.4 is 14.2 Å². The number of methoxy groups -OCH3 is 4. The molecule has 0 atom stereocenters. The minimum atomic E-state index is -4.86. The molecule has 0 N–H and O–H groups in total. The highest BCUT2D eigenvalue weighted by Gasteiger charge is 2.36. The molecule has 0 amide bonds. The van der Waals surface area contributed by atoms with E-state index >= 15 is 0 Å². The molecule has 1 aliphatic rings. The lowest BCUT2D eigenvalue weighted by Gasteiger charge is -2.30. The summed E-state index contributed by atoms with van der Waals surface area (Å²) in [4.78, 5) is 27.1. The van der Waals surface area contributed by atoms with Crippen LogP contribution in [0.25, 0.3) is 0 Å². The third kappa shape index (κ3) is 6.09. The van der Waals surface area contributed by atoms with Crippen molar-refractivity contribution in [1.82, 2.24) is 4.90 Å². The first-order chi connectivity index (χ1) is 17.1. The number of rotatable bonds is 8. The molecule has 0 spiro atoms. The van der Waals surface area contributed by atoms with Crippen LogP contribution in [0, 0.1) is 0 Å². The van der Waals surface area contributed by atoms with Crippen molar-refractivity contribution in [2.45, 2.75) is 18.8 Å². The van der Waals surface area contributed by atoms with Crippen LogP contribution in [0.1, 0.15) is 17.0 Å². The summed E-state index contributed by atoms with van der Waals surface area (Å²) in [6.45, 7) is 0.242. The van der Waals surface area contributed by atoms with Crippen LogP contribution in [0.15, 0.2) is 66.0 Å². The predicted octanol–water partition coefficient (Wildman–Crippen LogP) is 4.32. The number of carbonyl (C=O) groups excluding carboxylic acids is 2. The first-order valence-electron chi connectivity index (χ1n) is 10.5. The van der Waals surface area contributed by atoms with Crippen LogP contribution in [0.2, 0.25) is 0 Å². The first kappa shape index (κ1) is 26.5. The second kappa shape index (κ2) is 11.1. The molecule has 0 radical (unpaired) electrons. The Bertz CT molecular complexity index is 1140. The minimum absolute atomic E-state index is 0.0883. The molecule has 0 unspecified atom stereocenters. The van der Waals surface area contributed by atoms with Gasteiger partial charge in [0.25, 0.3) is 0 Å². The zero-order valence-electron chi connectivity index (χ0n) is 19.9. The second-order valence-electron chi connectivity index (χ2n) is 7.56. The van der Waals surface area contributed by atoms with Crippen molar-refractivity contribution in [3.8, 4) is 17.2 Å². The quantitative estimate of drug-likeness (QED) is 0.489. The summed E-state index contributed by atoms with van der Waals surface area (Å²) in [6.07, 6.45) is -1.83. The largest absolute Gasteiger partial charge is 0.573 e. The highest BCUT2D eigenvalue weighted by molar-refractivity contribution is 5.98. The number of ether oxygens (including phenoxy) is 5. The second-order valence-corrected chi connectivity index (χ2v) is 7.56. The summed E-state index contributed by atoms with van der Waals surface area (Å²) in [7, 11) is 5.40. The third-order valence-corrected chi connectivity index (χ3v) is 5.33. The van der Waals surface area contributed by atoms with E-state index in [0.717, 1.165) is 17.7 Å². The van der Waals surface area contributed by atoms with Crippen LogP contribution in [-0.2, 0) is 25.6 Å². The van der Waals surface area contributed by atoms with Crippen molar-refractivity contribution in [2.75, 3.05) is 28.4 Å². The zero-order chi connectivity index (χ0) is 26.5. The summed E-state index contributed by atoms with van der Waals surface area (Å²) < 4.78 is 62.0. The van der Waals surface area contributed by atoms with Crippen LogP contribution in [-0.4, -0.2) is 51.6 Å². The molecule has 2 aromatic rings. The number of carbonyl (C=O) groups is 2. The van der Waals surface area contributed by atoms with E-state index in [0.29, 0.717) is 17.1 Å². The minimum Gasteiger partial charge on any atom is -0.493 e. The van der Waals surface area contributed by atoms with Crippen molar-refractivity contribution in [1.29, 1.82) is 0 Å². The van der Waals surface area contributed by atoms with Gasteiger partial charge in [-0.3, -0.25) is 0 Å². The predicted molar refractivity (Wildman–Crippen MR) is 121 cm³/mol. The summed E-state index contributed by atoms with van der Waals surface area (Å²) in [5, 5.41) is 0. The normalized spacial score (nSPS) is 13.9. The Hall–Kier alpha value is -4.15. The number of alkyl halides is 3. The smallest absolute Gasteiger partial charge is 0.493 e. The Labute approximate surface area is 205 Å². The summed E-state index contributed by atoms with van der Waals surface area (Å²) >= 11 is 0. The molecule has 2 aromatic carbocycles. The van der Waals surface area contributed by atoms with Gasteiger partial charge in [-0.25, -0.2) is 9.59 Å². The Morgan fingerprint density at radius 1 is 0.833 bits per heavy atom. The highest BCUT2D eigenvalue weighted by Crippen LogP contribution is 2.39. The highest BCUT2D eigenvalue weighted by atomic mass is 19.4. The van der Waals surface area contributed by atoms with Gasteiger partial charge in [-0.2, -0.15) is 0 Å². The molecule has 11 heteroatoms. The van der Waals surface area contributed by atoms with Gasteiger partial charge in [-0.15, -0.1) is 13.2 Å². The van der Waals surface area contributed by atoms with E-state index in [-0.39, 0.29) is 17.7 Å². The van der Waals surface area contributed by atoms with E-state index in [1.807, 2.05) is 0 Å². The van der Waals surface area contributed by atoms with Crippen LogP contribution >= 0.6 is 0 Å². The molecule has 1 aliphatic heterocycles. The van der Waals surface area contributed by atoms with Gasteiger partial charge < -0.3 is 28.6 Å². The Morgan fingerprint density at radius 2 is 1.39 bits per heavy atom. The maximum absolute atomic E-state index is 12.7. The van der Waals surface area contributed by atoms with Gasteiger partial charge in [0.1, 0.15) is 5.75 Å². The molecular weight excluding hydrogens is 483 g/mol. The fraction of sp³-hybridized carbons (Fsp3) is 0.280. The van der Waals surface area contributed by atoms with E-state index in [1.54, 1.807) is 23.1 Å². The summed E-state index contributed by atoms with van der Waals surface area (Å²) in [6, 6.07) is 10.1. The fourth-order valence-electron chi connectivity index (χ4n) is 3.79. The summed E-state index contributed by atoms with van der Waals surface area (Å²) in [5.74, 6) is -1.80. The molecule has 0 aromatic heterocycles. The van der Waals surface area contributed by atoms with Crippen LogP contribution in [0.5, 0.6) is 17.2 Å². The van der Waals surface area contributed by atoms with Gasteiger partial charge in [-0.1, -0.05) is 18.2 Å². The van der Waals surface area contributed by atoms with Gasteiger partial charge in [-0.05, 0) is 35.4 Å². The number of halogens is 3. The monoisotopic (exact) mass is 507 g/mol. The fourth-order valence-corrected chi connectivity index (χ4v) is 3.79. The van der Waals surface area contributed by atoms with E-state index in [2.05, 4.69) is 4.74 Å². The molecule has 192 valence electrons. The van der Waals surface area contributed by atoms with Gasteiger partial charge >= 0.3 is 18.3 Å². The van der Waals surface area contributed by atoms with Gasteiger partial charge in [0.2, 0.25) is 0 Å². The van der Waals surface area contributed by atoms with Crippen LogP contribution in [0.4, 0.5) is 13.2 Å². The summed E-state index contributed by atoms with van der Waals surface area (Å²) in [5.41, 5.74) is 1.32. The van der Waals surface area contributed by atoms with E-state index in [1.165, 1.54) is 53.0 Å². The van der Waals surface area contributed by atoms with E-state index in [9.17, 15) is 22.8 Å². The van der Waals surface area contributed by atoms with Crippen molar-refractivity contribution >= 4 is 11.9 Å². The van der Waals surface area contributed by atoms with E-state index < -0.39 is 30.0 Å². The van der Waals surface area contributed by atoms with Crippen molar-refractivity contribution in [3.05, 3.63) is 77.1 Å². The lowest BCUT2D eigenvalue weighted by molar-refractivity contribution is -0.274. The van der Waals surface area contributed by atoms with Crippen molar-refractivity contribution in [2.24, 2.45) is 0 Å². The molecule has 0 bridgehead atoms. The SMILES string of the molecule is COC(=O)C1=CN(Cc2ccc(OC)c(OC)c2)C=C(C(=O)OC)C1c1ccc(OC(F)(F)F)cc1. The van der Waals surface area contributed by atoms with Crippen LogP contribution in [0.3, 0.4) is 0 Å². The van der Waals surface area contributed by atoms with E-state index in [4.69, 9.17) is 18.9 Å². The van der Waals surface area contributed by atoms with Gasteiger partial charge in [0.15, 0.2) is 11.5 Å². The number of nitrogens with zero attached hydrogens (tertiary/aromatic N) is 1. The van der Waals surface area contributed by atoms with Gasteiger partial charge in [0, 0.05) is 18.9 Å². The maximum Gasteiger partial charge on any atom is 0.573 e. The average Bonchev–Trinajstić information content (AvgIpc) is 2.86. The standard InChI is InChI=1S/C25H24F3NO7/c1-32-20-10-5-15(11-21(20)33-2)12-29-13-18(23(30)34-3)22(19(14-29)24(31)35-4)16-6-8-17(9-7-16)36-25(26,27)28/h5-11,13-14,22H,12H2,1-4H3. The number of benzene rings is 2. The van der Waals surface area contributed by atoms with Gasteiger partial charge in [0.05, 0.1) is 45.5 Å². The Balaban J connectivity index is 2.02. The molecular formula is C25H24F3NO7. The first-order valence-corrected chi connectivity index (χ1v) is 10.5. The Morgan fingerprint density at radius 3 is 1.86 bits per heavy atom. The lowest BCUT2D eigenvalue weighted by atomic mass is 9.83. The molecule has 0 aliphatic carbocycles. The topological polar surface area (TPSA) is 83.5 Å². The lowest BCUT2D eigenvalue weighted by Crippen LogP contribution is -2.28. The van der Waals surface area contributed by atoms with Crippen molar-refractivity contribution < 1.29 is 46.4 Å². The van der Waals surface area contributed by atoms with Crippen molar-refractivity contribution in [3.63, 3.8) is 0 Å². The number of hydrogen-bond acceptors (Lipinski definition) is 8.